The summed E-state index contributed by atoms with van der Waals surface area (Å²) in [5.41, 5.74) is 0. The van der Waals surface area contributed by atoms with E-state index in [-0.39, 0.29) is 17.8 Å². The highest BCUT2D eigenvalue weighted by molar-refractivity contribution is 7.09. The average Bonchev–Trinajstić information content (AvgIpc) is 3.00. The Hall–Kier alpha value is -1.40. The standard InChI is InChI=1S/C16H24N2O3S/c1-3-21-16(20)13-6-4-8-18(10-13)15(19)12-17(2)11-14-7-5-9-22-14/h5,7,9,13H,3-4,6,8,10-12H2,1-2H3. The molecule has 1 fully saturated rings. The molecule has 2 heterocycles. The molecular formula is C16H24N2O3S. The molecule has 1 unspecified atom stereocenters. The fraction of sp³-hybridized carbons (Fsp3) is 0.625. The summed E-state index contributed by atoms with van der Waals surface area (Å²) in [7, 11) is 1.95. The van der Waals surface area contributed by atoms with Crippen molar-refractivity contribution < 1.29 is 14.3 Å². The number of esters is 1. The molecule has 22 heavy (non-hydrogen) atoms. The van der Waals surface area contributed by atoms with Crippen molar-refractivity contribution in [2.45, 2.75) is 26.3 Å². The Balaban J connectivity index is 1.82. The van der Waals surface area contributed by atoms with Crippen molar-refractivity contribution in [3.8, 4) is 0 Å². The first kappa shape index (κ1) is 17.0. The SMILES string of the molecule is CCOC(=O)C1CCCN(C(=O)CN(C)Cc2cccs2)C1. The molecule has 0 aromatic carbocycles. The number of rotatable bonds is 6. The van der Waals surface area contributed by atoms with Crippen LogP contribution in [0.25, 0.3) is 0 Å². The van der Waals surface area contributed by atoms with Crippen LogP contribution in [0.4, 0.5) is 0 Å². The molecule has 0 saturated carbocycles. The molecule has 6 heteroatoms. The van der Waals surface area contributed by atoms with Crippen molar-refractivity contribution in [3.05, 3.63) is 22.4 Å². The van der Waals surface area contributed by atoms with Gasteiger partial charge in [-0.1, -0.05) is 6.07 Å². The summed E-state index contributed by atoms with van der Waals surface area (Å²) >= 11 is 1.70. The smallest absolute Gasteiger partial charge is 0.310 e. The molecule has 0 aliphatic carbocycles. The third kappa shape index (κ3) is 4.81. The Morgan fingerprint density at radius 3 is 3.00 bits per heavy atom. The highest BCUT2D eigenvalue weighted by Gasteiger charge is 2.29. The summed E-state index contributed by atoms with van der Waals surface area (Å²) in [5.74, 6) is -0.250. The average molecular weight is 324 g/mol. The van der Waals surface area contributed by atoms with Gasteiger partial charge in [0.25, 0.3) is 0 Å². The normalized spacial score (nSPS) is 18.5. The van der Waals surface area contributed by atoms with Crippen molar-refractivity contribution >= 4 is 23.2 Å². The Morgan fingerprint density at radius 2 is 2.32 bits per heavy atom. The molecule has 1 aromatic heterocycles. The number of hydrogen-bond acceptors (Lipinski definition) is 5. The number of nitrogens with zero attached hydrogens (tertiary/aromatic N) is 2. The molecule has 0 radical (unpaired) electrons. The zero-order valence-corrected chi connectivity index (χ0v) is 14.1. The predicted molar refractivity (Wildman–Crippen MR) is 86.6 cm³/mol. The van der Waals surface area contributed by atoms with E-state index in [1.807, 2.05) is 30.3 Å². The minimum Gasteiger partial charge on any atom is -0.466 e. The molecule has 1 atom stereocenters. The van der Waals surface area contributed by atoms with E-state index in [9.17, 15) is 9.59 Å². The predicted octanol–water partition coefficient (Wildman–Crippen LogP) is 1.98. The number of carbonyl (C=O) groups is 2. The number of ether oxygens (including phenoxy) is 1. The second-order valence-electron chi connectivity index (χ2n) is 5.68. The molecule has 5 nitrogen and oxygen atoms in total. The lowest BCUT2D eigenvalue weighted by Crippen LogP contribution is -2.46. The maximum absolute atomic E-state index is 12.4. The summed E-state index contributed by atoms with van der Waals surface area (Å²) < 4.78 is 5.07. The molecule has 0 spiro atoms. The first-order chi connectivity index (χ1) is 10.6. The highest BCUT2D eigenvalue weighted by atomic mass is 32.1. The van der Waals surface area contributed by atoms with Crippen LogP contribution in [0, 0.1) is 5.92 Å². The van der Waals surface area contributed by atoms with Gasteiger partial charge in [-0.3, -0.25) is 14.5 Å². The number of piperidine rings is 1. The summed E-state index contributed by atoms with van der Waals surface area (Å²) in [6.45, 7) is 4.59. The van der Waals surface area contributed by atoms with Gasteiger partial charge in [-0.25, -0.2) is 0 Å². The number of likely N-dealkylation sites (N-methyl/N-ethyl adjacent to an activating group) is 1. The van der Waals surface area contributed by atoms with Gasteiger partial charge in [-0.05, 0) is 38.3 Å². The molecule has 2 rings (SSSR count). The van der Waals surface area contributed by atoms with E-state index in [0.29, 0.717) is 19.7 Å². The lowest BCUT2D eigenvalue weighted by molar-refractivity contribution is -0.151. The van der Waals surface area contributed by atoms with Gasteiger partial charge in [-0.2, -0.15) is 0 Å². The van der Waals surface area contributed by atoms with Crippen molar-refractivity contribution in [3.63, 3.8) is 0 Å². The molecule has 1 aliphatic rings. The number of hydrogen-bond donors (Lipinski definition) is 0. The van der Waals surface area contributed by atoms with E-state index in [0.717, 1.165) is 25.9 Å². The van der Waals surface area contributed by atoms with Crippen molar-refractivity contribution in [2.75, 3.05) is 33.3 Å². The Morgan fingerprint density at radius 1 is 1.50 bits per heavy atom. The van der Waals surface area contributed by atoms with Gasteiger partial charge in [0.05, 0.1) is 19.1 Å². The second kappa shape index (κ2) is 8.29. The summed E-state index contributed by atoms with van der Waals surface area (Å²) in [4.78, 5) is 29.3. The third-order valence-corrected chi connectivity index (χ3v) is 4.67. The summed E-state index contributed by atoms with van der Waals surface area (Å²) in [6, 6.07) is 4.09. The van der Waals surface area contributed by atoms with Gasteiger partial charge >= 0.3 is 5.97 Å². The van der Waals surface area contributed by atoms with E-state index in [2.05, 4.69) is 6.07 Å². The Labute approximate surface area is 135 Å². The maximum Gasteiger partial charge on any atom is 0.310 e. The van der Waals surface area contributed by atoms with Crippen LogP contribution < -0.4 is 0 Å². The Kier molecular flexibility index (Phi) is 6.39. The molecular weight excluding hydrogens is 300 g/mol. The van der Waals surface area contributed by atoms with Gasteiger partial charge in [0.15, 0.2) is 0 Å². The van der Waals surface area contributed by atoms with Gasteiger partial charge in [0.1, 0.15) is 0 Å². The summed E-state index contributed by atoms with van der Waals surface area (Å²) in [6.07, 6.45) is 1.68. The fourth-order valence-electron chi connectivity index (χ4n) is 2.71. The topological polar surface area (TPSA) is 49.9 Å². The third-order valence-electron chi connectivity index (χ3n) is 3.81. The van der Waals surface area contributed by atoms with Crippen LogP contribution in [0.5, 0.6) is 0 Å². The Bertz CT molecular complexity index is 490. The molecule has 1 amide bonds. The van der Waals surface area contributed by atoms with Gasteiger partial charge in [0, 0.05) is 24.5 Å². The van der Waals surface area contributed by atoms with Crippen LogP contribution in [0.15, 0.2) is 17.5 Å². The number of likely N-dealkylation sites (tertiary alicyclic amines) is 1. The minimum absolute atomic E-state index is 0.0908. The molecule has 1 aromatic rings. The van der Waals surface area contributed by atoms with Crippen LogP contribution in [-0.2, 0) is 20.9 Å². The lowest BCUT2D eigenvalue weighted by atomic mass is 9.98. The molecule has 1 saturated heterocycles. The summed E-state index contributed by atoms with van der Waals surface area (Å²) in [5, 5.41) is 2.04. The number of amides is 1. The zero-order chi connectivity index (χ0) is 15.9. The van der Waals surface area contributed by atoms with Crippen LogP contribution >= 0.6 is 11.3 Å². The zero-order valence-electron chi connectivity index (χ0n) is 13.3. The van der Waals surface area contributed by atoms with Crippen LogP contribution in [0.3, 0.4) is 0 Å². The fourth-order valence-corrected chi connectivity index (χ4v) is 3.50. The number of carbonyl (C=O) groups excluding carboxylic acids is 2. The van der Waals surface area contributed by atoms with E-state index < -0.39 is 0 Å². The van der Waals surface area contributed by atoms with E-state index in [1.54, 1.807) is 16.2 Å². The molecule has 0 N–H and O–H groups in total. The van der Waals surface area contributed by atoms with Crippen molar-refractivity contribution in [1.29, 1.82) is 0 Å². The molecule has 122 valence electrons. The largest absolute Gasteiger partial charge is 0.466 e. The second-order valence-corrected chi connectivity index (χ2v) is 6.71. The maximum atomic E-state index is 12.4. The first-order valence-electron chi connectivity index (χ1n) is 7.75. The van der Waals surface area contributed by atoms with E-state index in [4.69, 9.17) is 4.74 Å². The monoisotopic (exact) mass is 324 g/mol. The number of thiophene rings is 1. The highest BCUT2D eigenvalue weighted by Crippen LogP contribution is 2.18. The lowest BCUT2D eigenvalue weighted by Gasteiger charge is -2.32. The van der Waals surface area contributed by atoms with Crippen LogP contribution in [0.1, 0.15) is 24.6 Å². The molecule has 0 bridgehead atoms. The van der Waals surface area contributed by atoms with E-state index >= 15 is 0 Å². The van der Waals surface area contributed by atoms with Crippen molar-refractivity contribution in [1.82, 2.24) is 9.80 Å². The van der Waals surface area contributed by atoms with Gasteiger partial charge in [-0.15, -0.1) is 11.3 Å². The van der Waals surface area contributed by atoms with Gasteiger partial charge < -0.3 is 9.64 Å². The van der Waals surface area contributed by atoms with Crippen molar-refractivity contribution in [2.24, 2.45) is 5.92 Å². The van der Waals surface area contributed by atoms with Crippen LogP contribution in [0.2, 0.25) is 0 Å². The molecule has 1 aliphatic heterocycles. The minimum atomic E-state index is -0.174. The quantitative estimate of drug-likeness (QED) is 0.751. The van der Waals surface area contributed by atoms with Crippen LogP contribution in [-0.4, -0.2) is 55.0 Å². The first-order valence-corrected chi connectivity index (χ1v) is 8.63. The van der Waals surface area contributed by atoms with E-state index in [1.165, 1.54) is 4.88 Å². The van der Waals surface area contributed by atoms with Gasteiger partial charge in [0.2, 0.25) is 5.91 Å².